The molecular formula is C18H23F3N2O3. The van der Waals surface area contributed by atoms with Crippen molar-refractivity contribution in [3.8, 4) is 18.1 Å². The number of terminal acetylenes is 1. The molecule has 144 valence electrons. The number of ether oxygens (including phenoxy) is 2. The minimum atomic E-state index is -4.99. The van der Waals surface area contributed by atoms with Crippen LogP contribution in [0.2, 0.25) is 0 Å². The Morgan fingerprint density at radius 2 is 2.04 bits per heavy atom. The van der Waals surface area contributed by atoms with Crippen LogP contribution in [0.3, 0.4) is 0 Å². The molecule has 0 heterocycles. The quantitative estimate of drug-likeness (QED) is 0.330. The van der Waals surface area contributed by atoms with Crippen LogP contribution in [0, 0.1) is 19.3 Å². The molecule has 1 aromatic carbocycles. The van der Waals surface area contributed by atoms with Gasteiger partial charge in [0.2, 0.25) is 5.60 Å². The molecule has 0 fully saturated rings. The molecule has 0 amide bonds. The number of aryl methyl sites for hydroxylation is 1. The highest BCUT2D eigenvalue weighted by Gasteiger charge is 2.56. The molecular weight excluding hydrogens is 349 g/mol. The molecule has 1 rings (SSSR count). The predicted octanol–water partition coefficient (Wildman–Crippen LogP) is 3.01. The largest absolute Gasteiger partial charge is 0.496 e. The molecule has 0 bridgehead atoms. The van der Waals surface area contributed by atoms with Crippen molar-refractivity contribution in [2.45, 2.75) is 25.6 Å². The maximum absolute atomic E-state index is 13.6. The van der Waals surface area contributed by atoms with Crippen LogP contribution in [0.15, 0.2) is 17.1 Å². The van der Waals surface area contributed by atoms with E-state index in [0.717, 1.165) is 6.54 Å². The van der Waals surface area contributed by atoms with E-state index in [0.29, 0.717) is 11.3 Å². The first-order chi connectivity index (χ1) is 12.1. The van der Waals surface area contributed by atoms with Gasteiger partial charge in [-0.1, -0.05) is 5.92 Å². The van der Waals surface area contributed by atoms with Gasteiger partial charge in [-0.05, 0) is 25.5 Å². The molecule has 1 unspecified atom stereocenters. The van der Waals surface area contributed by atoms with Gasteiger partial charge in [0.1, 0.15) is 12.4 Å². The zero-order valence-electron chi connectivity index (χ0n) is 15.2. The van der Waals surface area contributed by atoms with Gasteiger partial charge in [0.25, 0.3) is 0 Å². The minimum absolute atomic E-state index is 0.147. The lowest BCUT2D eigenvalue weighted by molar-refractivity contribution is -0.281. The van der Waals surface area contributed by atoms with Crippen molar-refractivity contribution in [1.82, 2.24) is 4.90 Å². The van der Waals surface area contributed by atoms with Gasteiger partial charge in [0, 0.05) is 25.2 Å². The number of halogens is 3. The first-order valence-corrected chi connectivity index (χ1v) is 7.84. The monoisotopic (exact) mass is 372 g/mol. The van der Waals surface area contributed by atoms with Crippen LogP contribution in [0.1, 0.15) is 18.1 Å². The number of benzene rings is 1. The topological polar surface area (TPSA) is 54.3 Å². The fourth-order valence-electron chi connectivity index (χ4n) is 2.12. The second-order valence-corrected chi connectivity index (χ2v) is 5.71. The highest BCUT2D eigenvalue weighted by Crippen LogP contribution is 2.44. The summed E-state index contributed by atoms with van der Waals surface area (Å²) in [4.78, 5) is 6.05. The van der Waals surface area contributed by atoms with Crippen LogP contribution in [0.25, 0.3) is 0 Å². The molecule has 0 aliphatic rings. The molecule has 1 N–H and O–H groups in total. The summed E-state index contributed by atoms with van der Waals surface area (Å²) in [6.45, 7) is 2.85. The normalized spacial score (nSPS) is 14.1. The number of aliphatic hydroxyl groups is 1. The van der Waals surface area contributed by atoms with Crippen molar-refractivity contribution in [3.63, 3.8) is 0 Å². The number of nitrogens with zero attached hydrogens (tertiary/aromatic N) is 2. The summed E-state index contributed by atoms with van der Waals surface area (Å²) in [6, 6.07) is 2.55. The van der Waals surface area contributed by atoms with Crippen LogP contribution in [0.5, 0.6) is 5.75 Å². The zero-order chi connectivity index (χ0) is 20.0. The highest BCUT2D eigenvalue weighted by molar-refractivity contribution is 5.65. The molecule has 0 aliphatic heterocycles. The van der Waals surface area contributed by atoms with E-state index in [-0.39, 0.29) is 12.4 Å². The number of alkyl halides is 3. The van der Waals surface area contributed by atoms with E-state index in [1.54, 1.807) is 18.2 Å². The van der Waals surface area contributed by atoms with Crippen molar-refractivity contribution in [2.75, 3.05) is 33.9 Å². The Kier molecular flexibility index (Phi) is 7.48. The molecule has 5 nitrogen and oxygen atoms in total. The number of rotatable bonds is 8. The third kappa shape index (κ3) is 4.90. The van der Waals surface area contributed by atoms with Crippen molar-refractivity contribution in [3.05, 3.63) is 23.3 Å². The molecule has 8 heteroatoms. The standard InChI is InChI=1S/C18H23F3N2O3/c1-6-8-26-11-17(24,18(19,20)21)14-9-13(3)15(10-16(14)25-5)22-12-23(4)7-2/h1,9-10,12,24H,7-8,11H2,2-5H3. The SMILES string of the molecule is C#CCOCC(O)(c1cc(C)c(N=CN(C)CC)cc1OC)C(F)(F)F. The summed E-state index contributed by atoms with van der Waals surface area (Å²) < 4.78 is 50.6. The van der Waals surface area contributed by atoms with Gasteiger partial charge in [-0.2, -0.15) is 13.2 Å². The summed E-state index contributed by atoms with van der Waals surface area (Å²) in [6.07, 6.45) is 1.56. The average Bonchev–Trinajstić information content (AvgIpc) is 2.59. The number of aliphatic imine (C=N–C) groups is 1. The Hall–Kier alpha value is -2.24. The van der Waals surface area contributed by atoms with Crippen LogP contribution in [0.4, 0.5) is 18.9 Å². The van der Waals surface area contributed by atoms with E-state index in [4.69, 9.17) is 15.9 Å². The predicted molar refractivity (Wildman–Crippen MR) is 93.8 cm³/mol. The van der Waals surface area contributed by atoms with Crippen molar-refractivity contribution in [1.29, 1.82) is 0 Å². The molecule has 0 radical (unpaired) electrons. The highest BCUT2D eigenvalue weighted by atomic mass is 19.4. The Labute approximate surface area is 151 Å². The third-order valence-electron chi connectivity index (χ3n) is 3.82. The smallest absolute Gasteiger partial charge is 0.423 e. The van der Waals surface area contributed by atoms with E-state index in [1.165, 1.54) is 19.2 Å². The van der Waals surface area contributed by atoms with Gasteiger partial charge in [-0.15, -0.1) is 6.42 Å². The van der Waals surface area contributed by atoms with Crippen molar-refractivity contribution >= 4 is 12.0 Å². The molecule has 26 heavy (non-hydrogen) atoms. The summed E-state index contributed by atoms with van der Waals surface area (Å²) in [5, 5.41) is 10.4. The van der Waals surface area contributed by atoms with Gasteiger partial charge in [0.05, 0.1) is 25.7 Å². The van der Waals surface area contributed by atoms with Gasteiger partial charge >= 0.3 is 6.18 Å². The summed E-state index contributed by atoms with van der Waals surface area (Å²) in [5.74, 6) is 1.92. The average molecular weight is 372 g/mol. The Balaban J connectivity index is 3.42. The van der Waals surface area contributed by atoms with E-state index in [2.05, 4.69) is 10.9 Å². The number of hydrogen-bond acceptors (Lipinski definition) is 4. The van der Waals surface area contributed by atoms with Crippen molar-refractivity contribution in [2.24, 2.45) is 4.99 Å². The number of methoxy groups -OCH3 is 1. The zero-order valence-corrected chi connectivity index (χ0v) is 15.2. The van der Waals surface area contributed by atoms with Gasteiger partial charge < -0.3 is 19.5 Å². The van der Waals surface area contributed by atoms with Gasteiger partial charge in [0.15, 0.2) is 0 Å². The third-order valence-corrected chi connectivity index (χ3v) is 3.82. The second-order valence-electron chi connectivity index (χ2n) is 5.71. The summed E-state index contributed by atoms with van der Waals surface area (Å²) in [5.41, 5.74) is -2.84. The maximum atomic E-state index is 13.6. The molecule has 0 saturated carbocycles. The van der Waals surface area contributed by atoms with Crippen LogP contribution >= 0.6 is 0 Å². The minimum Gasteiger partial charge on any atom is -0.496 e. The van der Waals surface area contributed by atoms with Crippen molar-refractivity contribution < 1.29 is 27.8 Å². The molecule has 1 atom stereocenters. The van der Waals surface area contributed by atoms with E-state index < -0.39 is 23.9 Å². The lowest BCUT2D eigenvalue weighted by atomic mass is 9.91. The lowest BCUT2D eigenvalue weighted by Crippen LogP contribution is -2.46. The number of hydrogen-bond donors (Lipinski definition) is 1. The first-order valence-electron chi connectivity index (χ1n) is 7.84. The Morgan fingerprint density at radius 3 is 2.54 bits per heavy atom. The van der Waals surface area contributed by atoms with Crippen LogP contribution in [-0.2, 0) is 10.3 Å². The Morgan fingerprint density at radius 1 is 1.38 bits per heavy atom. The molecule has 1 aromatic rings. The first kappa shape index (κ1) is 21.8. The summed E-state index contributed by atoms with van der Waals surface area (Å²) >= 11 is 0. The van der Waals surface area contributed by atoms with Crippen LogP contribution < -0.4 is 4.74 Å². The molecule has 0 spiro atoms. The fraction of sp³-hybridized carbons (Fsp3) is 0.500. The second kappa shape index (κ2) is 8.92. The van der Waals surface area contributed by atoms with E-state index in [1.807, 2.05) is 14.0 Å². The Bertz CT molecular complexity index is 683. The van der Waals surface area contributed by atoms with Gasteiger partial charge in [-0.3, -0.25) is 0 Å². The summed E-state index contributed by atoms with van der Waals surface area (Å²) in [7, 11) is 3.04. The molecule has 0 aliphatic carbocycles. The van der Waals surface area contributed by atoms with Crippen LogP contribution in [-0.4, -0.2) is 56.4 Å². The van der Waals surface area contributed by atoms with Gasteiger partial charge in [-0.25, -0.2) is 4.99 Å². The fourth-order valence-corrected chi connectivity index (χ4v) is 2.12. The van der Waals surface area contributed by atoms with E-state index >= 15 is 0 Å². The molecule has 0 saturated heterocycles. The maximum Gasteiger partial charge on any atom is 0.423 e. The molecule has 0 aromatic heterocycles. The lowest BCUT2D eigenvalue weighted by Gasteiger charge is -2.32. The van der Waals surface area contributed by atoms with E-state index in [9.17, 15) is 18.3 Å².